The minimum atomic E-state index is -5.20. The predicted molar refractivity (Wildman–Crippen MR) is 140 cm³/mol. The summed E-state index contributed by atoms with van der Waals surface area (Å²) in [4.78, 5) is -3.64. The monoisotopic (exact) mass is 691 g/mol. The van der Waals surface area contributed by atoms with E-state index < -0.39 is 106 Å². The molecule has 0 radical (unpaired) electrons. The molecule has 3 aromatic rings. The summed E-state index contributed by atoms with van der Waals surface area (Å²) in [6, 6.07) is 4.08. The van der Waals surface area contributed by atoms with Crippen molar-refractivity contribution in [3.8, 4) is 5.75 Å². The second kappa shape index (κ2) is 12.3. The highest BCUT2D eigenvalue weighted by molar-refractivity contribution is 7.91. The maximum Gasteiger partial charge on any atom is 0.296 e. The SMILES string of the molecule is Nc1c(S(=O)(=O)O)cc2cc(S(=O)(=O)O)cc(O)c2c1N=Nc1ccc(S(=O)(=O)CCOSOOO)cc1S(=O)(=O)O. The van der Waals surface area contributed by atoms with E-state index >= 15 is 0 Å². The normalized spacial score (nSPS) is 13.2. The van der Waals surface area contributed by atoms with Gasteiger partial charge in [-0.2, -0.15) is 25.3 Å². The third-order valence-corrected chi connectivity index (χ3v) is 9.77. The van der Waals surface area contributed by atoms with Gasteiger partial charge in [0.25, 0.3) is 30.4 Å². The summed E-state index contributed by atoms with van der Waals surface area (Å²) in [7, 11) is -19.5. The highest BCUT2D eigenvalue weighted by Gasteiger charge is 2.25. The van der Waals surface area contributed by atoms with Crippen molar-refractivity contribution in [2.45, 2.75) is 19.6 Å². The Kier molecular flexibility index (Phi) is 9.81. The maximum absolute atomic E-state index is 12.6. The smallest absolute Gasteiger partial charge is 0.296 e. The number of phenolic OH excluding ortho intramolecular Hbond substituents is 1. The number of azo groups is 1. The number of rotatable bonds is 12. The quantitative estimate of drug-likeness (QED) is 0.0301. The zero-order chi connectivity index (χ0) is 31.7. The summed E-state index contributed by atoms with van der Waals surface area (Å²) < 4.78 is 133. The number of hydrogen-bond donors (Lipinski definition) is 6. The van der Waals surface area contributed by atoms with Gasteiger partial charge in [-0.25, -0.2) is 13.7 Å². The van der Waals surface area contributed by atoms with Gasteiger partial charge in [0.1, 0.15) is 26.9 Å². The molecule has 0 saturated heterocycles. The van der Waals surface area contributed by atoms with E-state index in [1.807, 2.05) is 0 Å². The van der Waals surface area contributed by atoms with Crippen LogP contribution >= 0.6 is 12.3 Å². The molecule has 0 bridgehead atoms. The van der Waals surface area contributed by atoms with Crippen LogP contribution in [0.1, 0.15) is 0 Å². The second-order valence-corrected chi connectivity index (χ2v) is 14.6. The van der Waals surface area contributed by atoms with Crippen molar-refractivity contribution in [1.29, 1.82) is 0 Å². The number of phenols is 1. The molecule has 0 fully saturated rings. The molecule has 0 saturated carbocycles. The van der Waals surface area contributed by atoms with Crippen molar-refractivity contribution in [1.82, 2.24) is 0 Å². The molecule has 3 rings (SSSR count). The van der Waals surface area contributed by atoms with Crippen molar-refractivity contribution >= 4 is 80.3 Å². The zero-order valence-corrected chi connectivity index (χ0v) is 24.2. The highest BCUT2D eigenvalue weighted by Crippen LogP contribution is 2.44. The summed E-state index contributed by atoms with van der Waals surface area (Å²) in [5, 5.41) is 28.0. The number of sulfone groups is 1. The molecule has 0 aliphatic heterocycles. The summed E-state index contributed by atoms with van der Waals surface area (Å²) in [5.41, 5.74) is 3.52. The van der Waals surface area contributed by atoms with Crippen LogP contribution in [0.25, 0.3) is 10.8 Å². The van der Waals surface area contributed by atoms with E-state index in [9.17, 15) is 52.4 Å². The first-order valence-electron chi connectivity index (χ1n) is 10.3. The van der Waals surface area contributed by atoms with Crippen LogP contribution in [0, 0.1) is 0 Å². The lowest BCUT2D eigenvalue weighted by molar-refractivity contribution is -0.434. The van der Waals surface area contributed by atoms with Gasteiger partial charge in [0.15, 0.2) is 22.2 Å². The van der Waals surface area contributed by atoms with Crippen LogP contribution in [-0.2, 0) is 53.7 Å². The van der Waals surface area contributed by atoms with Gasteiger partial charge in [0, 0.05) is 6.07 Å². The van der Waals surface area contributed by atoms with Gasteiger partial charge < -0.3 is 10.8 Å². The van der Waals surface area contributed by atoms with Gasteiger partial charge in [0.05, 0.1) is 33.2 Å². The van der Waals surface area contributed by atoms with Crippen LogP contribution in [0.2, 0.25) is 0 Å². The van der Waals surface area contributed by atoms with Crippen LogP contribution in [-0.4, -0.2) is 70.1 Å². The molecule has 0 aromatic heterocycles. The summed E-state index contributed by atoms with van der Waals surface area (Å²) in [6.07, 6.45) is 0. The number of aromatic hydroxyl groups is 1. The van der Waals surface area contributed by atoms with E-state index in [4.69, 9.17) is 11.0 Å². The van der Waals surface area contributed by atoms with Crippen molar-refractivity contribution in [3.05, 3.63) is 36.4 Å². The standard InChI is InChI=1S/C18H17N3O16S5/c19-17-15(42(32,33)34)6-9-5-11(40(26,27)28)7-13(22)16(9)18(17)21-20-12-2-1-10(8-14(12)41(29,30)31)39(24,25)4-3-35-38-37-36-23/h1-2,5-8,22-23H,3-4,19H2,(H,26,27,28)(H,29,30,31)(H,32,33,34). The van der Waals surface area contributed by atoms with E-state index in [-0.39, 0.29) is 12.3 Å². The Hall–Kier alpha value is -3.01. The fraction of sp³-hybridized carbons (Fsp3) is 0.111. The topological polar surface area (TPSA) is 316 Å². The van der Waals surface area contributed by atoms with E-state index in [1.54, 1.807) is 0 Å². The van der Waals surface area contributed by atoms with Crippen LogP contribution < -0.4 is 5.73 Å². The molecule has 3 aromatic carbocycles. The molecule has 0 heterocycles. The molecule has 230 valence electrons. The number of benzene rings is 3. The Labute approximate surface area is 241 Å². The van der Waals surface area contributed by atoms with Gasteiger partial charge in [-0.1, -0.05) is 5.04 Å². The van der Waals surface area contributed by atoms with Crippen LogP contribution in [0.15, 0.2) is 66.2 Å². The van der Waals surface area contributed by atoms with Crippen LogP contribution in [0.3, 0.4) is 0 Å². The molecule has 0 aliphatic rings. The first kappa shape index (κ1) is 33.5. The number of nitrogens with two attached hydrogens (primary N) is 1. The summed E-state index contributed by atoms with van der Waals surface area (Å²) in [6.45, 7) is -0.529. The van der Waals surface area contributed by atoms with Gasteiger partial charge in [-0.15, -0.1) is 14.6 Å². The molecule has 42 heavy (non-hydrogen) atoms. The van der Waals surface area contributed by atoms with E-state index in [1.165, 1.54) is 0 Å². The average Bonchev–Trinajstić information content (AvgIpc) is 2.86. The number of nitrogen functional groups attached to an aromatic ring is 1. The first-order valence-corrected chi connectivity index (χ1v) is 17.0. The zero-order valence-electron chi connectivity index (χ0n) is 20.1. The van der Waals surface area contributed by atoms with Gasteiger partial charge in [-0.3, -0.25) is 17.8 Å². The Bertz CT molecular complexity index is 2010. The minimum Gasteiger partial charge on any atom is -0.507 e. The molecule has 7 N–H and O–H groups in total. The van der Waals surface area contributed by atoms with Crippen LogP contribution in [0.4, 0.5) is 17.1 Å². The molecular formula is C18H17N3O16S5. The highest BCUT2D eigenvalue weighted by atomic mass is 32.2. The molecule has 0 unspecified atom stereocenters. The third-order valence-electron chi connectivity index (χ3n) is 5.11. The largest absolute Gasteiger partial charge is 0.507 e. The van der Waals surface area contributed by atoms with Crippen molar-refractivity contribution in [2.24, 2.45) is 10.2 Å². The molecule has 0 atom stereocenters. The van der Waals surface area contributed by atoms with E-state index in [0.717, 1.165) is 12.1 Å². The number of fused-ring (bicyclic) bond motifs is 1. The van der Waals surface area contributed by atoms with Gasteiger partial charge in [0.2, 0.25) is 0 Å². The number of anilines is 1. The predicted octanol–water partition coefficient (Wildman–Crippen LogP) is 2.06. The van der Waals surface area contributed by atoms with Gasteiger partial charge >= 0.3 is 0 Å². The average molecular weight is 692 g/mol. The lowest BCUT2D eigenvalue weighted by Gasteiger charge is -2.12. The van der Waals surface area contributed by atoms with Gasteiger partial charge in [-0.05, 0) is 35.7 Å². The van der Waals surface area contributed by atoms with Crippen LogP contribution in [0.5, 0.6) is 5.75 Å². The lowest BCUT2D eigenvalue weighted by Crippen LogP contribution is -2.12. The summed E-state index contributed by atoms with van der Waals surface area (Å²) >= 11 is 0.0872. The van der Waals surface area contributed by atoms with Crippen molar-refractivity contribution < 1.29 is 71.2 Å². The first-order chi connectivity index (χ1) is 19.3. The van der Waals surface area contributed by atoms with E-state index in [0.29, 0.717) is 24.3 Å². The minimum absolute atomic E-state index is 0.0872. The maximum atomic E-state index is 12.6. The Morgan fingerprint density at radius 2 is 1.45 bits per heavy atom. The lowest BCUT2D eigenvalue weighted by atomic mass is 10.1. The fourth-order valence-corrected chi connectivity index (χ4v) is 6.68. The molecule has 0 amide bonds. The molecule has 24 heteroatoms. The molecule has 0 aliphatic carbocycles. The molecular weight excluding hydrogens is 675 g/mol. The summed E-state index contributed by atoms with van der Waals surface area (Å²) in [5.74, 6) is -1.66. The fourth-order valence-electron chi connectivity index (χ4n) is 3.34. The number of nitrogens with zero attached hydrogens (tertiary/aromatic N) is 2. The Morgan fingerprint density at radius 1 is 0.810 bits per heavy atom. The van der Waals surface area contributed by atoms with Crippen molar-refractivity contribution in [3.63, 3.8) is 0 Å². The van der Waals surface area contributed by atoms with E-state index in [2.05, 4.69) is 23.8 Å². The second-order valence-electron chi connectivity index (χ2n) is 7.78. The Balaban J connectivity index is 2.20. The molecule has 0 spiro atoms. The van der Waals surface area contributed by atoms with Crippen molar-refractivity contribution in [2.75, 3.05) is 18.1 Å². The Morgan fingerprint density at radius 3 is 2.02 bits per heavy atom. The number of hydrogen-bond acceptors (Lipinski definition) is 17. The third kappa shape index (κ3) is 7.68. The molecule has 19 nitrogen and oxygen atoms in total.